The highest BCUT2D eigenvalue weighted by Gasteiger charge is 2.16. The first-order valence-corrected chi connectivity index (χ1v) is 9.92. The van der Waals surface area contributed by atoms with E-state index in [9.17, 15) is 9.59 Å². The van der Waals surface area contributed by atoms with Crippen molar-refractivity contribution in [3.8, 4) is 0 Å². The quantitative estimate of drug-likeness (QED) is 0.332. The molecule has 29 heavy (non-hydrogen) atoms. The fourth-order valence-corrected chi connectivity index (χ4v) is 3.15. The van der Waals surface area contributed by atoms with Crippen molar-refractivity contribution in [1.29, 1.82) is 0 Å². The van der Waals surface area contributed by atoms with E-state index < -0.39 is 0 Å². The summed E-state index contributed by atoms with van der Waals surface area (Å²) in [7, 11) is 6.97. The third-order valence-corrected chi connectivity index (χ3v) is 4.85. The highest BCUT2D eigenvalue weighted by molar-refractivity contribution is 14.0. The van der Waals surface area contributed by atoms with Gasteiger partial charge >= 0.3 is 0 Å². The van der Waals surface area contributed by atoms with E-state index in [-0.39, 0.29) is 42.3 Å². The average Bonchev–Trinajstić information content (AvgIpc) is 3.18. The van der Waals surface area contributed by atoms with Gasteiger partial charge in [-0.15, -0.1) is 24.0 Å². The highest BCUT2D eigenvalue weighted by Crippen LogP contribution is 2.17. The molecule has 0 saturated heterocycles. The maximum absolute atomic E-state index is 12.1. The topological polar surface area (TPSA) is 77.0 Å². The molecule has 162 valence electrons. The van der Waals surface area contributed by atoms with Gasteiger partial charge in [0.1, 0.15) is 6.54 Å². The van der Waals surface area contributed by atoms with E-state index in [1.54, 1.807) is 38.0 Å². The number of nitrogens with zero attached hydrogens (tertiary/aromatic N) is 3. The zero-order valence-electron chi connectivity index (χ0n) is 17.9. The maximum Gasteiger partial charge on any atom is 0.253 e. The molecule has 0 bridgehead atoms. The molecule has 2 N–H and O–H groups in total. The number of carbonyl (C=O) groups is 2. The second-order valence-corrected chi connectivity index (χ2v) is 7.66. The van der Waals surface area contributed by atoms with Gasteiger partial charge in [0.2, 0.25) is 5.91 Å². The standard InChI is InChI=1S/C21H33N5O2.HI/c1-25(2)19(27)15-23-21(24-18-10-5-6-11-18)22-13-12-16-8-7-9-17(14-16)20(28)26(3)4;/h7-9,14,18H,5-6,10-13,15H2,1-4H3,(H2,22,23,24);1H. The van der Waals surface area contributed by atoms with Gasteiger partial charge in [-0.1, -0.05) is 25.0 Å². The van der Waals surface area contributed by atoms with E-state index in [2.05, 4.69) is 15.6 Å². The lowest BCUT2D eigenvalue weighted by molar-refractivity contribution is -0.127. The monoisotopic (exact) mass is 515 g/mol. The van der Waals surface area contributed by atoms with E-state index in [1.165, 1.54) is 12.8 Å². The van der Waals surface area contributed by atoms with Crippen molar-refractivity contribution in [2.45, 2.75) is 38.1 Å². The SMILES string of the molecule is CN(C)C(=O)CN=C(NCCc1cccc(C(=O)N(C)C)c1)NC1CCCC1.I. The number of aliphatic imine (C=N–C) groups is 1. The minimum atomic E-state index is -0.0255. The summed E-state index contributed by atoms with van der Waals surface area (Å²) in [5, 5.41) is 6.78. The predicted molar refractivity (Wildman–Crippen MR) is 128 cm³/mol. The largest absolute Gasteiger partial charge is 0.356 e. The number of carbonyl (C=O) groups excluding carboxylic acids is 2. The van der Waals surface area contributed by atoms with Gasteiger partial charge in [0.05, 0.1) is 0 Å². The molecule has 1 saturated carbocycles. The summed E-state index contributed by atoms with van der Waals surface area (Å²) < 4.78 is 0. The highest BCUT2D eigenvalue weighted by atomic mass is 127. The van der Waals surface area contributed by atoms with E-state index in [1.807, 2.05) is 24.3 Å². The minimum Gasteiger partial charge on any atom is -0.356 e. The molecular weight excluding hydrogens is 481 g/mol. The molecule has 1 aromatic rings. The third-order valence-electron chi connectivity index (χ3n) is 4.85. The molecule has 0 aromatic heterocycles. The average molecular weight is 515 g/mol. The molecule has 1 aliphatic rings. The zero-order chi connectivity index (χ0) is 20.5. The third kappa shape index (κ3) is 8.59. The van der Waals surface area contributed by atoms with Crippen molar-refractivity contribution in [3.63, 3.8) is 0 Å². The van der Waals surface area contributed by atoms with Crippen molar-refractivity contribution in [2.24, 2.45) is 4.99 Å². The van der Waals surface area contributed by atoms with Crippen LogP contribution in [-0.4, -0.2) is 74.9 Å². The number of guanidine groups is 1. The van der Waals surface area contributed by atoms with E-state index in [4.69, 9.17) is 0 Å². The summed E-state index contributed by atoms with van der Waals surface area (Å²) in [6.07, 6.45) is 5.50. The van der Waals surface area contributed by atoms with Crippen LogP contribution in [0.1, 0.15) is 41.6 Å². The summed E-state index contributed by atoms with van der Waals surface area (Å²) in [5.41, 5.74) is 1.78. The first-order chi connectivity index (χ1) is 13.4. The van der Waals surface area contributed by atoms with Gasteiger partial charge in [-0.2, -0.15) is 0 Å². The molecule has 1 fully saturated rings. The smallest absolute Gasteiger partial charge is 0.253 e. The molecule has 1 aromatic carbocycles. The summed E-state index contributed by atoms with van der Waals surface area (Å²) >= 11 is 0. The van der Waals surface area contributed by atoms with E-state index >= 15 is 0 Å². The lowest BCUT2D eigenvalue weighted by Gasteiger charge is -2.18. The van der Waals surface area contributed by atoms with Crippen molar-refractivity contribution in [1.82, 2.24) is 20.4 Å². The number of hydrogen-bond donors (Lipinski definition) is 2. The molecule has 0 heterocycles. The Bertz CT molecular complexity index is 700. The molecule has 7 nitrogen and oxygen atoms in total. The Morgan fingerprint density at radius 3 is 2.41 bits per heavy atom. The Balaban J connectivity index is 0.00000420. The van der Waals surface area contributed by atoms with Crippen molar-refractivity contribution in [2.75, 3.05) is 41.3 Å². The number of nitrogens with one attached hydrogen (secondary N) is 2. The molecule has 2 rings (SSSR count). The zero-order valence-corrected chi connectivity index (χ0v) is 20.2. The van der Waals surface area contributed by atoms with Gasteiger partial charge in [-0.25, -0.2) is 4.99 Å². The van der Waals surface area contributed by atoms with Crippen LogP contribution in [0.25, 0.3) is 0 Å². The Kier molecular flexibility index (Phi) is 11.0. The molecule has 2 amide bonds. The Morgan fingerprint density at radius 2 is 1.79 bits per heavy atom. The predicted octanol–water partition coefficient (Wildman–Crippen LogP) is 2.11. The number of hydrogen-bond acceptors (Lipinski definition) is 3. The van der Waals surface area contributed by atoms with Crippen LogP contribution in [0.5, 0.6) is 0 Å². The normalized spacial score (nSPS) is 14.1. The van der Waals surface area contributed by atoms with Crippen LogP contribution in [0.4, 0.5) is 0 Å². The van der Waals surface area contributed by atoms with Crippen LogP contribution < -0.4 is 10.6 Å². The molecule has 0 aliphatic heterocycles. The first kappa shape index (κ1) is 25.2. The van der Waals surface area contributed by atoms with Crippen molar-refractivity contribution >= 4 is 41.8 Å². The molecule has 8 heteroatoms. The second-order valence-electron chi connectivity index (χ2n) is 7.66. The van der Waals surface area contributed by atoms with Crippen molar-refractivity contribution in [3.05, 3.63) is 35.4 Å². The molecule has 0 radical (unpaired) electrons. The summed E-state index contributed by atoms with van der Waals surface area (Å²) in [6.45, 7) is 0.802. The number of amides is 2. The number of rotatable bonds is 7. The fourth-order valence-electron chi connectivity index (χ4n) is 3.15. The minimum absolute atomic E-state index is 0. The van der Waals surface area contributed by atoms with Gasteiger partial charge in [0.15, 0.2) is 5.96 Å². The second kappa shape index (κ2) is 12.7. The lowest BCUT2D eigenvalue weighted by atomic mass is 10.1. The number of benzene rings is 1. The van der Waals surface area contributed by atoms with Gasteiger partial charge in [0, 0.05) is 46.3 Å². The fraction of sp³-hybridized carbons (Fsp3) is 0.571. The van der Waals surface area contributed by atoms with Crippen LogP contribution in [0.3, 0.4) is 0 Å². The first-order valence-electron chi connectivity index (χ1n) is 9.92. The van der Waals surface area contributed by atoms with Crippen LogP contribution in [0.2, 0.25) is 0 Å². The van der Waals surface area contributed by atoms with E-state index in [0.29, 0.717) is 24.1 Å². The molecule has 0 spiro atoms. The van der Waals surface area contributed by atoms with Gasteiger partial charge in [0.25, 0.3) is 5.91 Å². The van der Waals surface area contributed by atoms with Crippen LogP contribution in [-0.2, 0) is 11.2 Å². The van der Waals surface area contributed by atoms with Crippen LogP contribution >= 0.6 is 24.0 Å². The van der Waals surface area contributed by atoms with Crippen LogP contribution in [0, 0.1) is 0 Å². The van der Waals surface area contributed by atoms with Gasteiger partial charge < -0.3 is 20.4 Å². The van der Waals surface area contributed by atoms with Crippen molar-refractivity contribution < 1.29 is 9.59 Å². The summed E-state index contributed by atoms with van der Waals surface area (Å²) in [6, 6.07) is 8.11. The maximum atomic E-state index is 12.1. The summed E-state index contributed by atoms with van der Waals surface area (Å²) in [4.78, 5) is 31.6. The molecular formula is C21H34IN5O2. The summed E-state index contributed by atoms with van der Waals surface area (Å²) in [5.74, 6) is 0.659. The van der Waals surface area contributed by atoms with Gasteiger partial charge in [-0.3, -0.25) is 9.59 Å². The number of likely N-dealkylation sites (N-methyl/N-ethyl adjacent to an activating group) is 1. The Morgan fingerprint density at radius 1 is 1.10 bits per heavy atom. The molecule has 0 atom stereocenters. The van der Waals surface area contributed by atoms with E-state index in [0.717, 1.165) is 24.8 Å². The van der Waals surface area contributed by atoms with Gasteiger partial charge in [-0.05, 0) is 37.0 Å². The number of halogens is 1. The lowest BCUT2D eigenvalue weighted by Crippen LogP contribution is -2.43. The molecule has 1 aliphatic carbocycles. The van der Waals surface area contributed by atoms with Crippen LogP contribution in [0.15, 0.2) is 29.3 Å². The Labute approximate surface area is 191 Å². The molecule has 0 unspecified atom stereocenters. The Hall–Kier alpha value is -1.84.